The molecule has 756 valence electrons. The third kappa shape index (κ3) is 26.1. The lowest BCUT2D eigenvalue weighted by Crippen LogP contribution is -2.45. The number of hydrogen-bond acceptors (Lipinski definition) is 12. The molecule has 17 rings (SSSR count). The lowest BCUT2D eigenvalue weighted by molar-refractivity contribution is 0.00717. The van der Waals surface area contributed by atoms with Gasteiger partial charge in [0, 0.05) is 69.6 Å². The van der Waals surface area contributed by atoms with E-state index in [1.165, 1.54) is 189 Å². The molecule has 2 unspecified atom stereocenters. The van der Waals surface area contributed by atoms with Crippen LogP contribution in [0.1, 0.15) is 449 Å². The van der Waals surface area contributed by atoms with Crippen LogP contribution < -0.4 is 23.7 Å². The number of hydrogen-bond donors (Lipinski definition) is 7. The van der Waals surface area contributed by atoms with Crippen molar-refractivity contribution in [2.45, 2.75) is 448 Å². The second kappa shape index (κ2) is 47.3. The minimum absolute atomic E-state index is 0.113. The monoisotopic (exact) mass is 1890 g/mol. The van der Waals surface area contributed by atoms with Gasteiger partial charge in [0.2, 0.25) is 0 Å². The first-order valence-corrected chi connectivity index (χ1v) is 54.6. The van der Waals surface area contributed by atoms with Crippen LogP contribution in [0, 0.1) is 41.4 Å². The zero-order valence-electron chi connectivity index (χ0n) is 89.7. The first kappa shape index (κ1) is 108. The molecule has 0 saturated heterocycles. The van der Waals surface area contributed by atoms with E-state index < -0.39 is 0 Å². The van der Waals surface area contributed by atoms with Gasteiger partial charge < -0.3 is 59.4 Å². The van der Waals surface area contributed by atoms with E-state index in [1.807, 2.05) is 49.4 Å². The lowest BCUT2D eigenvalue weighted by atomic mass is 9.67. The van der Waals surface area contributed by atoms with Crippen molar-refractivity contribution < 1.29 is 59.4 Å². The summed E-state index contributed by atoms with van der Waals surface area (Å²) in [6, 6.07) is 24.4. The SMILES string of the molecule is C=C(C)[C@@H]1CC=C(C)C[C@H]1c1c(O)cc(CCCCC)cc1O.CCCCCc1cc(O)c2c(c1)OC(C)(C)C1=C2CC(C)CC1.CCCCCc1cc(O)c2c(c1)OC(C)(C)[C@@H]1CC=C(C)C[C@@H]21.CCCCCc1cc(O)c2c(c1)OC(C)(C)[C@@H]1CC=C(C)C[C@@H]21.CCCCCc1cc(O)c2c(c1)OC(C)(C)[C@@H]1CC=C(C)C[C@@H]21.CCCCCc1cc(O)c2c(c1)OC(C)(C)[C@@H]1CCC(C)C=C21. The lowest BCUT2D eigenvalue weighted by Gasteiger charge is -2.47. The molecule has 6 aromatic rings. The first-order valence-electron chi connectivity index (χ1n) is 54.6. The summed E-state index contributed by atoms with van der Waals surface area (Å²) in [5.41, 5.74) is 22.5. The first-order chi connectivity index (χ1) is 65.5. The maximum Gasteiger partial charge on any atom is 0.132 e. The van der Waals surface area contributed by atoms with Gasteiger partial charge in [-0.05, 0) is 405 Å². The Hall–Kier alpha value is -8.90. The predicted molar refractivity (Wildman–Crippen MR) is 575 cm³/mol. The van der Waals surface area contributed by atoms with E-state index in [0.29, 0.717) is 87.6 Å². The molecule has 11 atom stereocenters. The number of aryl methyl sites for hydroxylation is 6. The van der Waals surface area contributed by atoms with Gasteiger partial charge in [-0.2, -0.15) is 0 Å². The maximum atomic E-state index is 10.7. The van der Waals surface area contributed by atoms with Gasteiger partial charge >= 0.3 is 0 Å². The molecule has 0 spiro atoms. The number of rotatable bonds is 26. The van der Waals surface area contributed by atoms with Crippen LogP contribution >= 0.6 is 0 Å². The van der Waals surface area contributed by atoms with Crippen molar-refractivity contribution in [3.63, 3.8) is 0 Å². The zero-order chi connectivity index (χ0) is 100. The highest BCUT2D eigenvalue weighted by molar-refractivity contribution is 5.82. The van der Waals surface area contributed by atoms with E-state index in [9.17, 15) is 35.7 Å². The van der Waals surface area contributed by atoms with Gasteiger partial charge in [-0.3, -0.25) is 0 Å². The quantitative estimate of drug-likeness (QED) is 0.0201. The summed E-state index contributed by atoms with van der Waals surface area (Å²) in [4.78, 5) is 0. The molecule has 138 heavy (non-hydrogen) atoms. The fraction of sp³-hybridized carbons (Fsp3) is 0.603. The number of aromatic hydroxyl groups is 7. The number of phenols is 7. The highest BCUT2D eigenvalue weighted by Crippen LogP contribution is 2.61. The summed E-state index contributed by atoms with van der Waals surface area (Å²) in [5, 5.41) is 74.5. The number of phenolic OH excluding ortho intramolecular Hbond substituents is 7. The summed E-state index contributed by atoms with van der Waals surface area (Å²) in [6.07, 6.45) is 52.9. The molecule has 0 bridgehead atoms. The second-order valence-electron chi connectivity index (χ2n) is 46.5. The topological polar surface area (TPSA) is 188 Å². The molecule has 7 N–H and O–H groups in total. The summed E-state index contributed by atoms with van der Waals surface area (Å²) >= 11 is 0. The zero-order valence-corrected chi connectivity index (χ0v) is 89.7. The highest BCUT2D eigenvalue weighted by atomic mass is 16.5. The van der Waals surface area contributed by atoms with Crippen molar-refractivity contribution in [2.24, 2.45) is 41.4 Å². The van der Waals surface area contributed by atoms with E-state index in [-0.39, 0.29) is 51.3 Å². The Morgan fingerprint density at radius 2 is 0.645 bits per heavy atom. The summed E-state index contributed by atoms with van der Waals surface area (Å²) in [5.74, 6) is 11.6. The number of fused-ring (bicyclic) bond motifs is 14. The van der Waals surface area contributed by atoms with Crippen LogP contribution in [0.25, 0.3) is 11.1 Å². The minimum atomic E-state index is -0.253. The molecule has 6 aliphatic carbocycles. The predicted octanol–water partition coefficient (Wildman–Crippen LogP) is 34.6. The fourth-order valence-corrected chi connectivity index (χ4v) is 25.0. The van der Waals surface area contributed by atoms with Gasteiger partial charge in [-0.25, -0.2) is 0 Å². The number of benzene rings is 6. The van der Waals surface area contributed by atoms with Crippen LogP contribution in [0.4, 0.5) is 0 Å². The van der Waals surface area contributed by atoms with E-state index in [2.05, 4.69) is 220 Å². The van der Waals surface area contributed by atoms with Crippen molar-refractivity contribution in [3.8, 4) is 69.0 Å². The van der Waals surface area contributed by atoms with Crippen molar-refractivity contribution in [1.29, 1.82) is 0 Å². The average Bonchev–Trinajstić information content (AvgIpc) is 0.758. The van der Waals surface area contributed by atoms with Crippen molar-refractivity contribution in [3.05, 3.63) is 210 Å². The molecule has 12 heteroatoms. The Kier molecular flexibility index (Phi) is 37.0. The van der Waals surface area contributed by atoms with Gasteiger partial charge in [-0.15, -0.1) is 0 Å². The summed E-state index contributed by atoms with van der Waals surface area (Å²) < 4.78 is 31.8. The third-order valence-electron chi connectivity index (χ3n) is 32.8. The molecule has 0 radical (unpaired) electrons. The maximum absolute atomic E-state index is 10.7. The minimum Gasteiger partial charge on any atom is -0.508 e. The molecule has 0 aromatic heterocycles. The number of allylic oxidation sites excluding steroid dienone is 11. The molecular formula is C126H180O12. The molecule has 11 aliphatic rings. The Bertz CT molecular complexity index is 5090. The Morgan fingerprint density at radius 3 is 1.00 bits per heavy atom. The van der Waals surface area contributed by atoms with Crippen LogP contribution in [0.3, 0.4) is 0 Å². The van der Waals surface area contributed by atoms with Gasteiger partial charge in [0.1, 0.15) is 97.0 Å². The normalized spacial score (nSPS) is 24.0. The summed E-state index contributed by atoms with van der Waals surface area (Å²) in [7, 11) is 0. The molecule has 12 nitrogen and oxygen atoms in total. The molecule has 5 aliphatic heterocycles. The largest absolute Gasteiger partial charge is 0.508 e. The molecule has 5 heterocycles. The van der Waals surface area contributed by atoms with Crippen molar-refractivity contribution >= 4 is 11.1 Å². The van der Waals surface area contributed by atoms with E-state index >= 15 is 0 Å². The van der Waals surface area contributed by atoms with Gasteiger partial charge in [0.05, 0.1) is 11.1 Å². The molecule has 0 saturated carbocycles. The molecular weight excluding hydrogens is 1710 g/mol. The van der Waals surface area contributed by atoms with E-state index in [0.717, 1.165) is 183 Å². The Labute approximate surface area is 834 Å². The van der Waals surface area contributed by atoms with Crippen LogP contribution in [-0.4, -0.2) is 63.8 Å². The standard InChI is InChI=1S/6C21H30O2/c5*1-5-6-7-8-15-12-18(22)20-16-11-14(2)9-10-17(16)21(3,4)23-19(20)13-15;1-5-6-7-8-16-12-19(22)21(20(23)13-16)18-11-15(4)9-10-17(18)14(2)3/h12-14,22H,5-11H2,1-4H3;11-14,17,22H,5-10H2,1-4H3;3*9,12-13,16-17,22H,5-8,10-11H2,1-4H3;9,12-13,17-18,22-23H,2,5-8,10-11H2,1,3-4H3/t;14?,17-;3*16-,17-;17-,18+/m.11110/s1. The van der Waals surface area contributed by atoms with Crippen LogP contribution in [0.2, 0.25) is 0 Å². The Balaban J connectivity index is 0.000000149. The molecule has 6 aromatic carbocycles. The van der Waals surface area contributed by atoms with Crippen LogP contribution in [0.15, 0.2) is 143 Å². The molecule has 0 amide bonds. The smallest absolute Gasteiger partial charge is 0.132 e. The van der Waals surface area contributed by atoms with E-state index in [1.54, 1.807) is 0 Å². The van der Waals surface area contributed by atoms with Gasteiger partial charge in [-0.1, -0.05) is 197 Å². The second-order valence-corrected chi connectivity index (χ2v) is 46.5. The van der Waals surface area contributed by atoms with Crippen molar-refractivity contribution in [2.75, 3.05) is 0 Å². The Morgan fingerprint density at radius 1 is 0.341 bits per heavy atom. The van der Waals surface area contributed by atoms with E-state index in [4.69, 9.17) is 23.7 Å². The van der Waals surface area contributed by atoms with Gasteiger partial charge in [0.25, 0.3) is 0 Å². The highest BCUT2D eigenvalue weighted by Gasteiger charge is 2.51. The van der Waals surface area contributed by atoms with Gasteiger partial charge in [0.15, 0.2) is 0 Å². The molecule has 0 fully saturated rings. The number of unbranched alkanes of at least 4 members (excludes halogenated alkanes) is 12. The average molecular weight is 1890 g/mol. The van der Waals surface area contributed by atoms with Crippen LogP contribution in [-0.2, 0) is 38.5 Å². The number of ether oxygens (including phenoxy) is 5. The van der Waals surface area contributed by atoms with Crippen molar-refractivity contribution in [1.82, 2.24) is 0 Å². The summed E-state index contributed by atoms with van der Waals surface area (Å²) in [6.45, 7) is 54.6. The fourth-order valence-electron chi connectivity index (χ4n) is 25.0. The van der Waals surface area contributed by atoms with Crippen LogP contribution in [0.5, 0.6) is 69.0 Å². The third-order valence-corrected chi connectivity index (χ3v) is 32.8.